The summed E-state index contributed by atoms with van der Waals surface area (Å²) in [5.41, 5.74) is 0.984. The van der Waals surface area contributed by atoms with Crippen LogP contribution >= 0.6 is 22.6 Å². The van der Waals surface area contributed by atoms with Crippen LogP contribution in [0, 0.1) is 3.57 Å². The second kappa shape index (κ2) is 5.36. The highest BCUT2D eigenvalue weighted by atomic mass is 127. The predicted octanol–water partition coefficient (Wildman–Crippen LogP) is 2.81. The van der Waals surface area contributed by atoms with Gasteiger partial charge in [-0.15, -0.1) is 0 Å². The first-order valence-electron chi connectivity index (χ1n) is 6.13. The van der Waals surface area contributed by atoms with Crippen molar-refractivity contribution in [3.05, 3.63) is 33.7 Å². The highest BCUT2D eigenvalue weighted by Crippen LogP contribution is 2.24. The highest BCUT2D eigenvalue weighted by Gasteiger charge is 2.20. The molecule has 0 saturated carbocycles. The Bertz CT molecular complexity index is 517. The molecule has 0 amide bonds. The first-order chi connectivity index (χ1) is 8.83. The number of nitrogens with one attached hydrogen (secondary N) is 1. The summed E-state index contributed by atoms with van der Waals surface area (Å²) < 4.78 is 6.55. The summed E-state index contributed by atoms with van der Waals surface area (Å²) >= 11 is 2.28. The molecule has 3 rings (SSSR count). The van der Waals surface area contributed by atoms with Crippen LogP contribution in [0.5, 0.6) is 0 Å². The second-order valence-electron chi connectivity index (χ2n) is 4.51. The topological polar surface area (TPSA) is 51.0 Å². The maximum Gasteiger partial charge on any atom is 0.257 e. The van der Waals surface area contributed by atoms with Crippen LogP contribution in [0.4, 0.5) is 0 Å². The van der Waals surface area contributed by atoms with Gasteiger partial charge in [-0.2, -0.15) is 4.98 Å². The Morgan fingerprint density at radius 2 is 2.11 bits per heavy atom. The van der Waals surface area contributed by atoms with E-state index in [1.54, 1.807) is 0 Å². The number of rotatable bonds is 2. The minimum atomic E-state index is 0.389. The van der Waals surface area contributed by atoms with Crippen LogP contribution in [0.25, 0.3) is 11.5 Å². The monoisotopic (exact) mass is 355 g/mol. The number of aromatic nitrogens is 2. The van der Waals surface area contributed by atoms with E-state index in [9.17, 15) is 0 Å². The van der Waals surface area contributed by atoms with Crippen molar-refractivity contribution in [3.63, 3.8) is 0 Å². The fourth-order valence-corrected chi connectivity index (χ4v) is 2.54. The van der Waals surface area contributed by atoms with Gasteiger partial charge in [0.05, 0.1) is 0 Å². The minimum absolute atomic E-state index is 0.389. The maximum absolute atomic E-state index is 5.35. The SMILES string of the molecule is Ic1ccc(-c2nc(C3CCCNC3)no2)cc1. The van der Waals surface area contributed by atoms with Crippen molar-refractivity contribution in [1.29, 1.82) is 0 Å². The van der Waals surface area contributed by atoms with Crippen molar-refractivity contribution < 1.29 is 4.52 Å². The molecule has 0 bridgehead atoms. The van der Waals surface area contributed by atoms with Gasteiger partial charge in [0.1, 0.15) is 0 Å². The van der Waals surface area contributed by atoms with E-state index in [4.69, 9.17) is 4.52 Å². The zero-order valence-corrected chi connectivity index (χ0v) is 12.1. The summed E-state index contributed by atoms with van der Waals surface area (Å²) in [5.74, 6) is 1.84. The second-order valence-corrected chi connectivity index (χ2v) is 5.75. The lowest BCUT2D eigenvalue weighted by molar-refractivity contribution is 0.393. The van der Waals surface area contributed by atoms with Crippen LogP contribution in [-0.4, -0.2) is 23.2 Å². The quantitative estimate of drug-likeness (QED) is 0.842. The van der Waals surface area contributed by atoms with Crippen molar-refractivity contribution in [2.24, 2.45) is 0 Å². The number of piperidine rings is 1. The normalized spacial score (nSPS) is 19.9. The Balaban J connectivity index is 1.82. The van der Waals surface area contributed by atoms with Crippen molar-refractivity contribution in [1.82, 2.24) is 15.5 Å². The van der Waals surface area contributed by atoms with Gasteiger partial charge in [0.2, 0.25) is 0 Å². The molecule has 1 fully saturated rings. The molecule has 1 unspecified atom stereocenters. The number of hydrogen-bond donors (Lipinski definition) is 1. The van der Waals surface area contributed by atoms with E-state index < -0.39 is 0 Å². The van der Waals surface area contributed by atoms with Crippen LogP contribution in [0.2, 0.25) is 0 Å². The van der Waals surface area contributed by atoms with E-state index in [0.717, 1.165) is 30.9 Å². The van der Waals surface area contributed by atoms with Crippen LogP contribution < -0.4 is 5.32 Å². The molecule has 1 aliphatic rings. The van der Waals surface area contributed by atoms with E-state index in [1.165, 1.54) is 9.99 Å². The van der Waals surface area contributed by atoms with Gasteiger partial charge in [-0.05, 0) is 66.2 Å². The fourth-order valence-electron chi connectivity index (χ4n) is 2.18. The molecule has 0 spiro atoms. The van der Waals surface area contributed by atoms with E-state index in [0.29, 0.717) is 11.8 Å². The van der Waals surface area contributed by atoms with Gasteiger partial charge in [-0.3, -0.25) is 0 Å². The maximum atomic E-state index is 5.35. The molecule has 0 aliphatic carbocycles. The van der Waals surface area contributed by atoms with E-state index in [-0.39, 0.29) is 0 Å². The van der Waals surface area contributed by atoms with Gasteiger partial charge in [-0.1, -0.05) is 5.16 Å². The molecular formula is C13H14IN3O. The molecule has 1 saturated heterocycles. The zero-order chi connectivity index (χ0) is 12.4. The molecular weight excluding hydrogens is 341 g/mol. The largest absolute Gasteiger partial charge is 0.334 e. The number of hydrogen-bond acceptors (Lipinski definition) is 4. The van der Waals surface area contributed by atoms with Gasteiger partial charge in [0.25, 0.3) is 5.89 Å². The Kier molecular flexibility index (Phi) is 3.60. The Morgan fingerprint density at radius 3 is 2.83 bits per heavy atom. The minimum Gasteiger partial charge on any atom is -0.334 e. The summed E-state index contributed by atoms with van der Waals surface area (Å²) in [6.45, 7) is 2.05. The van der Waals surface area contributed by atoms with Gasteiger partial charge in [-0.25, -0.2) is 0 Å². The first kappa shape index (κ1) is 12.1. The average molecular weight is 355 g/mol. The van der Waals surface area contributed by atoms with Crippen molar-refractivity contribution in [2.75, 3.05) is 13.1 Å². The molecule has 1 aliphatic heterocycles. The van der Waals surface area contributed by atoms with Crippen LogP contribution in [-0.2, 0) is 0 Å². The third-order valence-electron chi connectivity index (χ3n) is 3.19. The molecule has 1 aromatic heterocycles. The molecule has 0 radical (unpaired) electrons. The third kappa shape index (κ3) is 2.56. The van der Waals surface area contributed by atoms with Crippen LogP contribution in [0.3, 0.4) is 0 Å². The van der Waals surface area contributed by atoms with Gasteiger partial charge in [0.15, 0.2) is 5.82 Å². The smallest absolute Gasteiger partial charge is 0.257 e. The lowest BCUT2D eigenvalue weighted by Gasteiger charge is -2.19. The van der Waals surface area contributed by atoms with Crippen LogP contribution in [0.15, 0.2) is 28.8 Å². The molecule has 18 heavy (non-hydrogen) atoms. The molecule has 2 aromatic rings. The summed E-state index contributed by atoms with van der Waals surface area (Å²) in [7, 11) is 0. The van der Waals surface area contributed by atoms with E-state index in [1.807, 2.05) is 24.3 Å². The van der Waals surface area contributed by atoms with Crippen molar-refractivity contribution >= 4 is 22.6 Å². The summed E-state index contributed by atoms with van der Waals surface area (Å²) in [4.78, 5) is 4.51. The highest BCUT2D eigenvalue weighted by molar-refractivity contribution is 14.1. The van der Waals surface area contributed by atoms with Gasteiger partial charge in [0, 0.05) is 21.6 Å². The lowest BCUT2D eigenvalue weighted by Crippen LogP contribution is -2.28. The van der Waals surface area contributed by atoms with Gasteiger partial charge < -0.3 is 9.84 Å². The Hall–Kier alpha value is -0.950. The predicted molar refractivity (Wildman–Crippen MR) is 77.3 cm³/mol. The molecule has 94 valence electrons. The lowest BCUT2D eigenvalue weighted by atomic mass is 9.99. The standard InChI is InChI=1S/C13H14IN3O/c14-11-5-3-9(4-6-11)13-16-12(17-18-13)10-2-1-7-15-8-10/h3-6,10,15H,1-2,7-8H2. The third-order valence-corrected chi connectivity index (χ3v) is 3.91. The fraction of sp³-hybridized carbons (Fsp3) is 0.385. The Labute approximate surface area is 119 Å². The first-order valence-corrected chi connectivity index (χ1v) is 7.21. The summed E-state index contributed by atoms with van der Waals surface area (Å²) in [6, 6.07) is 8.11. The summed E-state index contributed by atoms with van der Waals surface area (Å²) in [5, 5.41) is 7.48. The van der Waals surface area contributed by atoms with Crippen molar-refractivity contribution in [3.8, 4) is 11.5 Å². The van der Waals surface area contributed by atoms with E-state index >= 15 is 0 Å². The molecule has 1 aromatic carbocycles. The molecule has 2 heterocycles. The number of nitrogens with zero attached hydrogens (tertiary/aromatic N) is 2. The van der Waals surface area contributed by atoms with Gasteiger partial charge >= 0.3 is 0 Å². The molecule has 4 nitrogen and oxygen atoms in total. The van der Waals surface area contributed by atoms with Crippen LogP contribution in [0.1, 0.15) is 24.6 Å². The molecule has 1 N–H and O–H groups in total. The Morgan fingerprint density at radius 1 is 1.28 bits per heavy atom. The molecule has 5 heteroatoms. The summed E-state index contributed by atoms with van der Waals surface area (Å²) in [6.07, 6.45) is 2.32. The zero-order valence-electron chi connectivity index (χ0n) is 9.90. The number of halogens is 1. The molecule has 1 atom stereocenters. The van der Waals surface area contributed by atoms with Crippen molar-refractivity contribution in [2.45, 2.75) is 18.8 Å². The average Bonchev–Trinajstić information content (AvgIpc) is 2.90. The van der Waals surface area contributed by atoms with E-state index in [2.05, 4.69) is 38.0 Å². The number of benzene rings is 1.